The Hall–Kier alpha value is -0.800. The molecule has 2 atom stereocenters. The van der Waals surface area contributed by atoms with Crippen molar-refractivity contribution in [2.75, 3.05) is 0 Å². The average Bonchev–Trinajstić information content (AvgIpc) is 2.54. The Kier molecular flexibility index (Phi) is 2.15. The number of aliphatic hydroxyl groups excluding tert-OH is 1. The van der Waals surface area contributed by atoms with Crippen LogP contribution in [0.25, 0.3) is 0 Å². The second-order valence-electron chi connectivity index (χ2n) is 3.35. The van der Waals surface area contributed by atoms with E-state index in [1.807, 2.05) is 18.5 Å². The Morgan fingerprint density at radius 2 is 2.50 bits per heavy atom. The molecule has 1 heterocycles. The van der Waals surface area contributed by atoms with E-state index >= 15 is 0 Å². The molecule has 3 heteroatoms. The van der Waals surface area contributed by atoms with Crippen LogP contribution in [0.15, 0.2) is 18.5 Å². The molecule has 0 aliphatic heterocycles. The summed E-state index contributed by atoms with van der Waals surface area (Å²) in [5.41, 5.74) is 1.24. The molecule has 0 unspecified atom stereocenters. The van der Waals surface area contributed by atoms with Crippen LogP contribution in [0, 0.1) is 0 Å². The highest BCUT2D eigenvalue weighted by molar-refractivity contribution is 5.08. The van der Waals surface area contributed by atoms with Gasteiger partial charge in [0.05, 0.1) is 6.10 Å². The van der Waals surface area contributed by atoms with Crippen molar-refractivity contribution in [2.45, 2.75) is 31.5 Å². The minimum absolute atomic E-state index is 0.121. The van der Waals surface area contributed by atoms with Gasteiger partial charge in [0.25, 0.3) is 0 Å². The minimum atomic E-state index is -0.121. The molecular formula is C9H14N2O. The summed E-state index contributed by atoms with van der Waals surface area (Å²) in [6.07, 6.45) is 5.81. The molecule has 3 N–H and O–H groups in total. The summed E-state index contributed by atoms with van der Waals surface area (Å²) in [7, 11) is 0. The van der Waals surface area contributed by atoms with Gasteiger partial charge in [0, 0.05) is 25.0 Å². The van der Waals surface area contributed by atoms with E-state index in [0.29, 0.717) is 6.04 Å². The Morgan fingerprint density at radius 1 is 1.58 bits per heavy atom. The lowest BCUT2D eigenvalue weighted by Gasteiger charge is -2.33. The van der Waals surface area contributed by atoms with Crippen LogP contribution in [0.1, 0.15) is 18.4 Å². The van der Waals surface area contributed by atoms with Crippen LogP contribution in [0.4, 0.5) is 0 Å². The first-order valence-corrected chi connectivity index (χ1v) is 4.39. The first-order valence-electron chi connectivity index (χ1n) is 4.39. The number of aromatic nitrogens is 1. The van der Waals surface area contributed by atoms with Crippen LogP contribution >= 0.6 is 0 Å². The van der Waals surface area contributed by atoms with Crippen molar-refractivity contribution < 1.29 is 5.11 Å². The van der Waals surface area contributed by atoms with Crippen molar-refractivity contribution in [3.05, 3.63) is 24.0 Å². The maximum Gasteiger partial charge on any atom is 0.0693 e. The lowest BCUT2D eigenvalue weighted by Crippen LogP contribution is -2.47. The molecule has 0 spiro atoms. The molecule has 1 aliphatic carbocycles. The van der Waals surface area contributed by atoms with Crippen molar-refractivity contribution >= 4 is 0 Å². The number of hydrogen-bond donors (Lipinski definition) is 3. The van der Waals surface area contributed by atoms with E-state index in [-0.39, 0.29) is 6.10 Å². The minimum Gasteiger partial charge on any atom is -0.392 e. The zero-order valence-electron chi connectivity index (χ0n) is 6.96. The highest BCUT2D eigenvalue weighted by atomic mass is 16.3. The standard InChI is InChI=1S/C9H14N2O/c12-9-2-1-8(9)11-6-7-3-4-10-5-7/h3-5,8-12H,1-2,6H2/t8-,9-/m1/s1. The van der Waals surface area contributed by atoms with E-state index in [2.05, 4.69) is 10.3 Å². The third-order valence-corrected chi connectivity index (χ3v) is 2.47. The van der Waals surface area contributed by atoms with E-state index < -0.39 is 0 Å². The molecule has 1 saturated carbocycles. The summed E-state index contributed by atoms with van der Waals surface area (Å²) in [5.74, 6) is 0. The molecule has 0 saturated heterocycles. The molecule has 0 aromatic carbocycles. The molecule has 0 amide bonds. The largest absolute Gasteiger partial charge is 0.392 e. The number of aromatic amines is 1. The quantitative estimate of drug-likeness (QED) is 0.616. The van der Waals surface area contributed by atoms with Gasteiger partial charge in [0.2, 0.25) is 0 Å². The lowest BCUT2D eigenvalue weighted by atomic mass is 9.89. The fourth-order valence-electron chi connectivity index (χ4n) is 1.44. The molecule has 1 fully saturated rings. The Balaban J connectivity index is 1.75. The van der Waals surface area contributed by atoms with E-state index in [9.17, 15) is 5.11 Å². The molecule has 1 aromatic rings. The van der Waals surface area contributed by atoms with E-state index in [4.69, 9.17) is 0 Å². The Bertz CT molecular complexity index is 233. The molecule has 0 bridgehead atoms. The second kappa shape index (κ2) is 3.29. The molecule has 1 aromatic heterocycles. The molecule has 3 nitrogen and oxygen atoms in total. The summed E-state index contributed by atoms with van der Waals surface area (Å²) in [5, 5.41) is 12.6. The number of aliphatic hydroxyl groups is 1. The Morgan fingerprint density at radius 3 is 3.00 bits per heavy atom. The first kappa shape index (κ1) is 7.83. The number of rotatable bonds is 3. The number of H-pyrrole nitrogens is 1. The van der Waals surface area contributed by atoms with Crippen molar-refractivity contribution in [1.82, 2.24) is 10.3 Å². The topological polar surface area (TPSA) is 48.0 Å². The van der Waals surface area contributed by atoms with Gasteiger partial charge in [-0.05, 0) is 24.5 Å². The van der Waals surface area contributed by atoms with Crippen LogP contribution in [-0.4, -0.2) is 22.2 Å². The van der Waals surface area contributed by atoms with Gasteiger partial charge < -0.3 is 15.4 Å². The van der Waals surface area contributed by atoms with Crippen LogP contribution in [0.5, 0.6) is 0 Å². The molecule has 12 heavy (non-hydrogen) atoms. The maximum atomic E-state index is 9.27. The first-order chi connectivity index (χ1) is 5.86. The van der Waals surface area contributed by atoms with Crippen LogP contribution in [-0.2, 0) is 6.54 Å². The number of hydrogen-bond acceptors (Lipinski definition) is 2. The second-order valence-corrected chi connectivity index (χ2v) is 3.35. The molecule has 66 valence electrons. The SMILES string of the molecule is O[C@@H]1CC[C@H]1NCc1cc[nH]c1. The van der Waals surface area contributed by atoms with E-state index in [0.717, 1.165) is 19.4 Å². The van der Waals surface area contributed by atoms with Crippen molar-refractivity contribution in [3.8, 4) is 0 Å². The molecule has 2 rings (SSSR count). The number of nitrogens with one attached hydrogen (secondary N) is 2. The van der Waals surface area contributed by atoms with Crippen molar-refractivity contribution in [1.29, 1.82) is 0 Å². The van der Waals surface area contributed by atoms with Gasteiger partial charge in [-0.15, -0.1) is 0 Å². The van der Waals surface area contributed by atoms with E-state index in [1.165, 1.54) is 5.56 Å². The van der Waals surface area contributed by atoms with Crippen molar-refractivity contribution in [2.24, 2.45) is 0 Å². The lowest BCUT2D eigenvalue weighted by molar-refractivity contribution is 0.0493. The van der Waals surface area contributed by atoms with Gasteiger partial charge >= 0.3 is 0 Å². The van der Waals surface area contributed by atoms with Gasteiger partial charge in [-0.2, -0.15) is 0 Å². The molecule has 0 radical (unpaired) electrons. The maximum absolute atomic E-state index is 9.27. The molecule has 1 aliphatic rings. The predicted molar refractivity (Wildman–Crippen MR) is 46.7 cm³/mol. The van der Waals surface area contributed by atoms with Gasteiger partial charge in [-0.25, -0.2) is 0 Å². The van der Waals surface area contributed by atoms with Gasteiger partial charge in [-0.1, -0.05) is 0 Å². The van der Waals surface area contributed by atoms with Gasteiger partial charge in [0.1, 0.15) is 0 Å². The van der Waals surface area contributed by atoms with Crippen molar-refractivity contribution in [3.63, 3.8) is 0 Å². The van der Waals surface area contributed by atoms with E-state index in [1.54, 1.807) is 0 Å². The highest BCUT2D eigenvalue weighted by Crippen LogP contribution is 2.19. The summed E-state index contributed by atoms with van der Waals surface area (Å²) >= 11 is 0. The third kappa shape index (κ3) is 1.52. The van der Waals surface area contributed by atoms with Crippen LogP contribution in [0.3, 0.4) is 0 Å². The predicted octanol–water partition coefficient (Wildman–Crippen LogP) is 0.628. The normalized spacial score (nSPS) is 28.4. The zero-order chi connectivity index (χ0) is 8.39. The zero-order valence-corrected chi connectivity index (χ0v) is 6.96. The van der Waals surface area contributed by atoms with Gasteiger partial charge in [0.15, 0.2) is 0 Å². The van der Waals surface area contributed by atoms with Gasteiger partial charge in [-0.3, -0.25) is 0 Å². The van der Waals surface area contributed by atoms with Crippen LogP contribution < -0.4 is 5.32 Å². The third-order valence-electron chi connectivity index (χ3n) is 2.47. The fourth-order valence-corrected chi connectivity index (χ4v) is 1.44. The monoisotopic (exact) mass is 166 g/mol. The summed E-state index contributed by atoms with van der Waals surface area (Å²) < 4.78 is 0. The Labute approximate surface area is 71.8 Å². The fraction of sp³-hybridized carbons (Fsp3) is 0.556. The smallest absolute Gasteiger partial charge is 0.0693 e. The average molecular weight is 166 g/mol. The van der Waals surface area contributed by atoms with Crippen LogP contribution in [0.2, 0.25) is 0 Å². The highest BCUT2D eigenvalue weighted by Gasteiger charge is 2.27. The summed E-state index contributed by atoms with van der Waals surface area (Å²) in [6, 6.07) is 2.36. The molecular weight excluding hydrogens is 152 g/mol. The summed E-state index contributed by atoms with van der Waals surface area (Å²) in [4.78, 5) is 3.00. The summed E-state index contributed by atoms with van der Waals surface area (Å²) in [6.45, 7) is 0.852.